The molecular formula is C16H31N3. The average molecular weight is 265 g/mol. The highest BCUT2D eigenvalue weighted by atomic mass is 15.1. The molecule has 0 spiro atoms. The van der Waals surface area contributed by atoms with Crippen molar-refractivity contribution in [3.63, 3.8) is 0 Å². The van der Waals surface area contributed by atoms with Gasteiger partial charge in [0.2, 0.25) is 0 Å². The summed E-state index contributed by atoms with van der Waals surface area (Å²) in [6, 6.07) is 0.597. The van der Waals surface area contributed by atoms with E-state index >= 15 is 0 Å². The second-order valence-corrected chi connectivity index (χ2v) is 5.75. The van der Waals surface area contributed by atoms with Crippen molar-refractivity contribution in [2.45, 2.75) is 65.1 Å². The summed E-state index contributed by atoms with van der Waals surface area (Å²) in [7, 11) is 2.04. The van der Waals surface area contributed by atoms with Gasteiger partial charge in [0.1, 0.15) is 6.17 Å². The summed E-state index contributed by atoms with van der Waals surface area (Å²) in [5, 5.41) is 6.84. The molecule has 110 valence electrons. The van der Waals surface area contributed by atoms with E-state index in [1.165, 1.54) is 25.0 Å². The summed E-state index contributed by atoms with van der Waals surface area (Å²) in [6.45, 7) is 7.77. The van der Waals surface area contributed by atoms with Crippen LogP contribution in [0.25, 0.3) is 0 Å². The van der Waals surface area contributed by atoms with Gasteiger partial charge in [0, 0.05) is 11.8 Å². The second kappa shape index (κ2) is 9.27. The highest BCUT2D eigenvalue weighted by Crippen LogP contribution is 2.11. The molecular weight excluding hydrogens is 234 g/mol. The minimum Gasteiger partial charge on any atom is -0.317 e. The van der Waals surface area contributed by atoms with E-state index in [2.05, 4.69) is 43.6 Å². The molecule has 19 heavy (non-hydrogen) atoms. The Balaban J connectivity index is 2.43. The Hall–Kier alpha value is -0.670. The molecule has 1 heterocycles. The topological polar surface area (TPSA) is 36.4 Å². The van der Waals surface area contributed by atoms with Crippen molar-refractivity contribution in [1.29, 1.82) is 0 Å². The third-order valence-corrected chi connectivity index (χ3v) is 4.05. The predicted octanol–water partition coefficient (Wildman–Crippen LogP) is 3.13. The quantitative estimate of drug-likeness (QED) is 0.572. The van der Waals surface area contributed by atoms with Crippen molar-refractivity contribution in [2.75, 3.05) is 13.6 Å². The summed E-state index contributed by atoms with van der Waals surface area (Å²) < 4.78 is 0. The molecule has 0 aromatic heterocycles. The normalized spacial score (nSPS) is 26.8. The van der Waals surface area contributed by atoms with Crippen LogP contribution < -0.4 is 10.6 Å². The zero-order valence-electron chi connectivity index (χ0n) is 13.1. The van der Waals surface area contributed by atoms with Gasteiger partial charge in [-0.05, 0) is 58.2 Å². The zero-order valence-corrected chi connectivity index (χ0v) is 13.1. The van der Waals surface area contributed by atoms with Crippen molar-refractivity contribution < 1.29 is 0 Å². The fourth-order valence-electron chi connectivity index (χ4n) is 2.28. The van der Waals surface area contributed by atoms with Gasteiger partial charge in [-0.15, -0.1) is 0 Å². The third-order valence-electron chi connectivity index (χ3n) is 4.05. The third kappa shape index (κ3) is 6.88. The lowest BCUT2D eigenvalue weighted by atomic mass is 10.0. The summed E-state index contributed by atoms with van der Waals surface area (Å²) in [4.78, 5) is 4.79. The lowest BCUT2D eigenvalue weighted by Gasteiger charge is -2.20. The van der Waals surface area contributed by atoms with Crippen LogP contribution in [-0.2, 0) is 0 Å². The molecule has 0 aliphatic carbocycles. The molecule has 0 radical (unpaired) electrons. The Morgan fingerprint density at radius 2 is 2.32 bits per heavy atom. The van der Waals surface area contributed by atoms with E-state index in [1.54, 1.807) is 0 Å². The number of nitrogens with one attached hydrogen (secondary N) is 2. The van der Waals surface area contributed by atoms with E-state index < -0.39 is 0 Å². The molecule has 1 aliphatic rings. The van der Waals surface area contributed by atoms with Crippen LogP contribution in [0.15, 0.2) is 17.1 Å². The predicted molar refractivity (Wildman–Crippen MR) is 84.8 cm³/mol. The molecule has 3 unspecified atom stereocenters. The Morgan fingerprint density at radius 1 is 1.53 bits per heavy atom. The van der Waals surface area contributed by atoms with Crippen molar-refractivity contribution in [2.24, 2.45) is 10.9 Å². The highest BCUT2D eigenvalue weighted by Gasteiger charge is 2.10. The van der Waals surface area contributed by atoms with Gasteiger partial charge in [-0.1, -0.05) is 26.3 Å². The Bertz CT molecular complexity index is 296. The van der Waals surface area contributed by atoms with Crippen LogP contribution in [0.2, 0.25) is 0 Å². The number of nitrogens with zero attached hydrogens (tertiary/aromatic N) is 1. The van der Waals surface area contributed by atoms with Crippen molar-refractivity contribution in [3.8, 4) is 0 Å². The summed E-state index contributed by atoms with van der Waals surface area (Å²) in [5.41, 5.74) is 1.27. The van der Waals surface area contributed by atoms with Gasteiger partial charge < -0.3 is 5.32 Å². The van der Waals surface area contributed by atoms with E-state index in [-0.39, 0.29) is 6.17 Å². The second-order valence-electron chi connectivity index (χ2n) is 5.75. The summed E-state index contributed by atoms with van der Waals surface area (Å²) >= 11 is 0. The molecule has 3 nitrogen and oxygen atoms in total. The van der Waals surface area contributed by atoms with Gasteiger partial charge in [0.15, 0.2) is 0 Å². The smallest absolute Gasteiger partial charge is 0.118 e. The first-order chi connectivity index (χ1) is 9.15. The lowest BCUT2D eigenvalue weighted by Crippen LogP contribution is -2.35. The number of hydrogen-bond acceptors (Lipinski definition) is 3. The lowest BCUT2D eigenvalue weighted by molar-refractivity contribution is 0.473. The first kappa shape index (κ1) is 16.4. The monoisotopic (exact) mass is 265 g/mol. The average Bonchev–Trinajstić information content (AvgIpc) is 2.39. The summed E-state index contributed by atoms with van der Waals surface area (Å²) in [6.07, 6.45) is 10.5. The fraction of sp³-hybridized carbons (Fsp3) is 0.812. The van der Waals surface area contributed by atoms with Gasteiger partial charge in [0.25, 0.3) is 0 Å². The first-order valence-corrected chi connectivity index (χ1v) is 7.76. The van der Waals surface area contributed by atoms with Crippen LogP contribution in [0, 0.1) is 5.92 Å². The van der Waals surface area contributed by atoms with Crippen LogP contribution in [0.5, 0.6) is 0 Å². The SMILES string of the molecule is CCC(C)CCC(C)=NC1C=CCC(NC)CCN1. The minimum absolute atomic E-state index is 0.176. The molecule has 2 N–H and O–H groups in total. The van der Waals surface area contributed by atoms with Crippen LogP contribution in [-0.4, -0.2) is 31.5 Å². The van der Waals surface area contributed by atoms with Crippen molar-refractivity contribution in [1.82, 2.24) is 10.6 Å². The molecule has 3 atom stereocenters. The molecule has 0 bridgehead atoms. The van der Waals surface area contributed by atoms with Gasteiger partial charge in [-0.25, -0.2) is 0 Å². The largest absolute Gasteiger partial charge is 0.317 e. The molecule has 3 heteroatoms. The van der Waals surface area contributed by atoms with E-state index in [0.717, 1.165) is 25.3 Å². The molecule has 0 fully saturated rings. The van der Waals surface area contributed by atoms with E-state index in [1.807, 2.05) is 7.05 Å². The first-order valence-electron chi connectivity index (χ1n) is 7.76. The molecule has 0 saturated heterocycles. The Labute approximate surface area is 119 Å². The van der Waals surface area contributed by atoms with Crippen LogP contribution in [0.4, 0.5) is 0 Å². The van der Waals surface area contributed by atoms with Gasteiger partial charge in [-0.3, -0.25) is 10.3 Å². The standard InChI is InChI=1S/C16H31N3/c1-5-13(2)9-10-14(3)19-16-8-6-7-15(17-4)11-12-18-16/h6,8,13,15-18H,5,7,9-12H2,1-4H3. The molecule has 1 rings (SSSR count). The Morgan fingerprint density at radius 3 is 3.00 bits per heavy atom. The van der Waals surface area contributed by atoms with Crippen molar-refractivity contribution >= 4 is 5.71 Å². The Kier molecular flexibility index (Phi) is 7.99. The maximum Gasteiger partial charge on any atom is 0.118 e. The minimum atomic E-state index is 0.176. The van der Waals surface area contributed by atoms with Crippen LogP contribution in [0.1, 0.15) is 52.9 Å². The van der Waals surface area contributed by atoms with Crippen LogP contribution in [0.3, 0.4) is 0 Å². The number of aliphatic imine (C=N–C) groups is 1. The molecule has 0 aromatic carbocycles. The van der Waals surface area contributed by atoms with Gasteiger partial charge in [0.05, 0.1) is 0 Å². The summed E-state index contributed by atoms with van der Waals surface area (Å²) in [5.74, 6) is 0.808. The fourth-order valence-corrected chi connectivity index (χ4v) is 2.28. The maximum absolute atomic E-state index is 4.79. The molecule has 0 aromatic rings. The van der Waals surface area contributed by atoms with E-state index in [4.69, 9.17) is 4.99 Å². The van der Waals surface area contributed by atoms with Gasteiger partial charge >= 0.3 is 0 Å². The molecule has 0 amide bonds. The van der Waals surface area contributed by atoms with E-state index in [0.29, 0.717) is 6.04 Å². The number of rotatable bonds is 6. The van der Waals surface area contributed by atoms with Crippen LogP contribution >= 0.6 is 0 Å². The molecule has 0 saturated carbocycles. The molecule has 1 aliphatic heterocycles. The zero-order chi connectivity index (χ0) is 14.1. The van der Waals surface area contributed by atoms with E-state index in [9.17, 15) is 0 Å². The number of hydrogen-bond donors (Lipinski definition) is 2. The van der Waals surface area contributed by atoms with Gasteiger partial charge in [-0.2, -0.15) is 0 Å². The highest BCUT2D eigenvalue weighted by molar-refractivity contribution is 5.82. The van der Waals surface area contributed by atoms with Crippen molar-refractivity contribution in [3.05, 3.63) is 12.2 Å². The maximum atomic E-state index is 4.79.